The van der Waals surface area contributed by atoms with Gasteiger partial charge in [0.15, 0.2) is 0 Å². The van der Waals surface area contributed by atoms with Crippen LogP contribution in [0, 0.1) is 11.3 Å². The largest absolute Gasteiger partial charge is 0.490 e. The lowest BCUT2D eigenvalue weighted by molar-refractivity contribution is 0.204. The topological polar surface area (TPSA) is 91.1 Å². The van der Waals surface area contributed by atoms with Crippen molar-refractivity contribution in [3.8, 4) is 33.0 Å². The van der Waals surface area contributed by atoms with Crippen molar-refractivity contribution in [1.82, 2.24) is 20.4 Å². The average molecular weight is 474 g/mol. The number of hydrogen-bond acceptors (Lipinski definition) is 6. The highest BCUT2D eigenvalue weighted by molar-refractivity contribution is 7.17. The molecule has 8 heteroatoms. The van der Waals surface area contributed by atoms with Crippen LogP contribution in [0.25, 0.3) is 21.1 Å². The summed E-state index contributed by atoms with van der Waals surface area (Å²) in [6, 6.07) is 14.0. The quantitative estimate of drug-likeness (QED) is 0.541. The highest BCUT2D eigenvalue weighted by Gasteiger charge is 2.29. The van der Waals surface area contributed by atoms with Gasteiger partial charge in [-0.15, -0.1) is 10.2 Å². The lowest BCUT2D eigenvalue weighted by Crippen LogP contribution is -2.39. The molecule has 0 saturated carbocycles. The number of rotatable bonds is 5. The number of nitrogens with zero attached hydrogens (tertiary/aromatic N) is 4. The van der Waals surface area contributed by atoms with Crippen molar-refractivity contribution >= 4 is 17.4 Å². The number of aromatic nitrogens is 2. The molecule has 2 aromatic carbocycles. The standard InChI is InChI=1S/C26H27N5O2S/c1-16(2)33-23-11-8-17(14-18(23)15-27)24-29-30-25(34-24)21-7-5-6-20-19(21)9-10-22(20)28-26(32)31-12-3-4-13-31/h5-8,11,14,16,22H,3-4,9-10,12-13H2,1-2H3,(H,28,32). The third-order valence-electron chi connectivity index (χ3n) is 6.33. The zero-order valence-electron chi connectivity index (χ0n) is 19.4. The molecule has 2 heterocycles. The third kappa shape index (κ3) is 4.36. The van der Waals surface area contributed by atoms with Crippen molar-refractivity contribution in [1.29, 1.82) is 5.26 Å². The molecule has 1 N–H and O–H groups in total. The SMILES string of the molecule is CC(C)Oc1ccc(-c2nnc(-c3cccc4c3CCC4NC(=O)N3CCCC3)s2)cc1C#N. The summed E-state index contributed by atoms with van der Waals surface area (Å²) in [4.78, 5) is 14.5. The highest BCUT2D eigenvalue weighted by Crippen LogP contribution is 2.40. The van der Waals surface area contributed by atoms with Crippen LogP contribution in [0.4, 0.5) is 4.79 Å². The Balaban J connectivity index is 1.39. The minimum absolute atomic E-state index is 0.00443. The summed E-state index contributed by atoms with van der Waals surface area (Å²) in [6.07, 6.45) is 3.95. The summed E-state index contributed by atoms with van der Waals surface area (Å²) in [5, 5.41) is 23.3. The number of fused-ring (bicyclic) bond motifs is 1. The van der Waals surface area contributed by atoms with Gasteiger partial charge >= 0.3 is 6.03 Å². The van der Waals surface area contributed by atoms with Crippen molar-refractivity contribution < 1.29 is 9.53 Å². The van der Waals surface area contributed by atoms with Crippen LogP contribution in [0.2, 0.25) is 0 Å². The fourth-order valence-corrected chi connectivity index (χ4v) is 5.61. The predicted octanol–water partition coefficient (Wildman–Crippen LogP) is 5.32. The Morgan fingerprint density at radius 1 is 1.21 bits per heavy atom. The second-order valence-corrected chi connectivity index (χ2v) is 9.99. The number of benzene rings is 2. The molecule has 1 atom stereocenters. The van der Waals surface area contributed by atoms with Gasteiger partial charge in [0, 0.05) is 24.2 Å². The minimum atomic E-state index is -0.00443. The maximum atomic E-state index is 12.6. The Kier molecular flexibility index (Phi) is 6.20. The van der Waals surface area contributed by atoms with Crippen molar-refractivity contribution in [3.63, 3.8) is 0 Å². The summed E-state index contributed by atoms with van der Waals surface area (Å²) < 4.78 is 5.73. The maximum absolute atomic E-state index is 12.6. The first-order chi connectivity index (χ1) is 16.5. The number of amides is 2. The van der Waals surface area contributed by atoms with E-state index in [-0.39, 0.29) is 18.2 Å². The molecule has 2 amide bonds. The Morgan fingerprint density at radius 3 is 2.76 bits per heavy atom. The van der Waals surface area contributed by atoms with Crippen LogP contribution in [0.5, 0.6) is 5.75 Å². The van der Waals surface area contributed by atoms with Crippen molar-refractivity contribution in [2.24, 2.45) is 0 Å². The van der Waals surface area contributed by atoms with E-state index in [2.05, 4.69) is 33.7 Å². The van der Waals surface area contributed by atoms with Gasteiger partial charge < -0.3 is 15.0 Å². The Bertz CT molecular complexity index is 1260. The molecule has 7 nitrogen and oxygen atoms in total. The van der Waals surface area contributed by atoms with E-state index in [0.717, 1.165) is 59.9 Å². The van der Waals surface area contributed by atoms with Crippen LogP contribution in [0.1, 0.15) is 55.8 Å². The van der Waals surface area contributed by atoms with Crippen LogP contribution in [0.15, 0.2) is 36.4 Å². The Morgan fingerprint density at radius 2 is 2.00 bits per heavy atom. The first-order valence-corrected chi connectivity index (χ1v) is 12.6. The van der Waals surface area contributed by atoms with Crippen LogP contribution in [-0.4, -0.2) is 40.3 Å². The normalized spacial score (nSPS) is 17.0. The molecule has 1 unspecified atom stereocenters. The highest BCUT2D eigenvalue weighted by atomic mass is 32.1. The summed E-state index contributed by atoms with van der Waals surface area (Å²) in [7, 11) is 0. The molecule has 1 saturated heterocycles. The zero-order chi connectivity index (χ0) is 23.7. The van der Waals surface area contributed by atoms with Gasteiger partial charge in [0.25, 0.3) is 0 Å². The van der Waals surface area contributed by atoms with Gasteiger partial charge in [-0.05, 0) is 68.9 Å². The van der Waals surface area contributed by atoms with E-state index >= 15 is 0 Å². The second kappa shape index (κ2) is 9.43. The summed E-state index contributed by atoms with van der Waals surface area (Å²) in [5.74, 6) is 0.578. The number of hydrogen-bond donors (Lipinski definition) is 1. The van der Waals surface area contributed by atoms with Crippen molar-refractivity contribution in [3.05, 3.63) is 53.1 Å². The lowest BCUT2D eigenvalue weighted by Gasteiger charge is -2.20. The van der Waals surface area contributed by atoms with Gasteiger partial charge in [-0.1, -0.05) is 29.5 Å². The number of nitrogens with one attached hydrogen (secondary N) is 1. The number of ether oxygens (including phenoxy) is 1. The summed E-state index contributed by atoms with van der Waals surface area (Å²) in [5.41, 5.74) is 4.80. The number of carbonyl (C=O) groups is 1. The molecule has 1 aliphatic heterocycles. The molecule has 1 aromatic heterocycles. The van der Waals surface area contributed by atoms with E-state index in [1.165, 1.54) is 22.5 Å². The van der Waals surface area contributed by atoms with Gasteiger partial charge in [-0.3, -0.25) is 0 Å². The second-order valence-electron chi connectivity index (χ2n) is 9.01. The fraction of sp³-hybridized carbons (Fsp3) is 0.385. The first-order valence-electron chi connectivity index (χ1n) is 11.8. The number of likely N-dealkylation sites (tertiary alicyclic amines) is 1. The van der Waals surface area contributed by atoms with Crippen LogP contribution in [0.3, 0.4) is 0 Å². The molecule has 0 bridgehead atoms. The molecule has 3 aromatic rings. The minimum Gasteiger partial charge on any atom is -0.490 e. The lowest BCUT2D eigenvalue weighted by atomic mass is 10.0. The number of carbonyl (C=O) groups excluding carboxylic acids is 1. The number of nitriles is 1. The monoisotopic (exact) mass is 473 g/mol. The zero-order valence-corrected chi connectivity index (χ0v) is 20.2. The molecular formula is C26H27N5O2S. The molecule has 0 spiro atoms. The molecule has 0 radical (unpaired) electrons. The maximum Gasteiger partial charge on any atom is 0.317 e. The van der Waals surface area contributed by atoms with Crippen LogP contribution >= 0.6 is 11.3 Å². The van der Waals surface area contributed by atoms with Gasteiger partial charge in [0.1, 0.15) is 21.8 Å². The van der Waals surface area contributed by atoms with E-state index in [1.54, 1.807) is 6.07 Å². The molecule has 1 aliphatic carbocycles. The third-order valence-corrected chi connectivity index (χ3v) is 7.33. The molecule has 174 valence electrons. The van der Waals surface area contributed by atoms with Crippen molar-refractivity contribution in [2.45, 2.75) is 51.7 Å². The summed E-state index contributed by atoms with van der Waals surface area (Å²) in [6.45, 7) is 5.56. The Hall–Kier alpha value is -3.44. The van der Waals surface area contributed by atoms with Gasteiger partial charge in [0.05, 0.1) is 17.7 Å². The first kappa shape index (κ1) is 22.4. The average Bonchev–Trinajstić information content (AvgIpc) is 3.60. The van der Waals surface area contributed by atoms with E-state index in [9.17, 15) is 10.1 Å². The van der Waals surface area contributed by atoms with Gasteiger partial charge in [-0.25, -0.2) is 4.79 Å². The van der Waals surface area contributed by atoms with Crippen molar-refractivity contribution in [2.75, 3.05) is 13.1 Å². The predicted molar refractivity (Wildman–Crippen MR) is 132 cm³/mol. The van der Waals surface area contributed by atoms with Crippen LogP contribution in [-0.2, 0) is 6.42 Å². The van der Waals surface area contributed by atoms with E-state index in [4.69, 9.17) is 4.74 Å². The molecule has 5 rings (SSSR count). The Labute approximate surface area is 203 Å². The van der Waals surface area contributed by atoms with E-state index in [1.807, 2.05) is 36.9 Å². The molecular weight excluding hydrogens is 446 g/mol. The smallest absolute Gasteiger partial charge is 0.317 e. The molecule has 2 aliphatic rings. The van der Waals surface area contributed by atoms with Gasteiger partial charge in [-0.2, -0.15) is 5.26 Å². The number of urea groups is 1. The van der Waals surface area contributed by atoms with Gasteiger partial charge in [0.2, 0.25) is 0 Å². The molecule has 34 heavy (non-hydrogen) atoms. The van der Waals surface area contributed by atoms with E-state index < -0.39 is 0 Å². The fourth-order valence-electron chi connectivity index (χ4n) is 4.72. The van der Waals surface area contributed by atoms with Crippen LogP contribution < -0.4 is 10.1 Å². The molecule has 1 fully saturated rings. The van der Waals surface area contributed by atoms with E-state index in [0.29, 0.717) is 11.3 Å². The summed E-state index contributed by atoms with van der Waals surface area (Å²) >= 11 is 1.51.